The predicted octanol–water partition coefficient (Wildman–Crippen LogP) is 4.44. The largest absolute Gasteiger partial charge is 0.458 e. The molecular weight excluding hydrogens is 440 g/mol. The van der Waals surface area contributed by atoms with Crippen molar-refractivity contribution in [3.63, 3.8) is 0 Å². The van der Waals surface area contributed by atoms with Crippen molar-refractivity contribution < 1.29 is 26.9 Å². The highest BCUT2D eigenvalue weighted by atomic mass is 32.2. The number of benzene rings is 1. The van der Waals surface area contributed by atoms with E-state index < -0.39 is 39.5 Å². The van der Waals surface area contributed by atoms with Crippen molar-refractivity contribution in [2.75, 3.05) is 6.61 Å². The lowest BCUT2D eigenvalue weighted by Gasteiger charge is -2.76. The van der Waals surface area contributed by atoms with Crippen LogP contribution in [0.3, 0.4) is 0 Å². The number of ketones is 1. The second kappa shape index (κ2) is 6.91. The first-order valence-electron chi connectivity index (χ1n) is 12.0. The molecule has 5 rings (SSSR count). The van der Waals surface area contributed by atoms with Gasteiger partial charge in [0.05, 0.1) is 11.5 Å². The molecule has 0 amide bonds. The first-order chi connectivity index (χ1) is 15.3. The molecule has 6 unspecified atom stereocenters. The Labute approximate surface area is 196 Å². The van der Waals surface area contributed by atoms with Crippen molar-refractivity contribution >= 4 is 21.9 Å². The number of rotatable bonds is 8. The summed E-state index contributed by atoms with van der Waals surface area (Å²) >= 11 is 0. The van der Waals surface area contributed by atoms with Gasteiger partial charge in [-0.2, -0.15) is 8.42 Å². The number of esters is 1. The number of hydrogen-bond donors (Lipinski definition) is 0. The number of fused-ring (bicyclic) bond motifs is 1. The van der Waals surface area contributed by atoms with Gasteiger partial charge in [-0.25, -0.2) is 0 Å². The van der Waals surface area contributed by atoms with E-state index in [4.69, 9.17) is 8.92 Å². The summed E-state index contributed by atoms with van der Waals surface area (Å²) in [6, 6.07) is 6.25. The van der Waals surface area contributed by atoms with E-state index in [1.54, 1.807) is 12.1 Å². The van der Waals surface area contributed by atoms with Gasteiger partial charge in [0.25, 0.3) is 10.1 Å². The van der Waals surface area contributed by atoms with Crippen molar-refractivity contribution in [1.82, 2.24) is 0 Å². The van der Waals surface area contributed by atoms with Crippen LogP contribution in [-0.4, -0.2) is 32.4 Å². The van der Waals surface area contributed by atoms with Gasteiger partial charge >= 0.3 is 5.97 Å². The molecule has 1 aromatic carbocycles. The van der Waals surface area contributed by atoms with Crippen LogP contribution in [0.15, 0.2) is 29.2 Å². The van der Waals surface area contributed by atoms with Gasteiger partial charge in [0.1, 0.15) is 16.8 Å². The molecule has 0 aromatic heterocycles. The fourth-order valence-corrected chi connectivity index (χ4v) is 8.95. The van der Waals surface area contributed by atoms with Gasteiger partial charge in [0.15, 0.2) is 0 Å². The molecule has 33 heavy (non-hydrogen) atoms. The highest BCUT2D eigenvalue weighted by Crippen LogP contribution is 2.88. The van der Waals surface area contributed by atoms with E-state index in [9.17, 15) is 18.0 Å². The maximum Gasteiger partial charge on any atom is 0.322 e. The average Bonchev–Trinajstić information content (AvgIpc) is 3.22. The van der Waals surface area contributed by atoms with E-state index in [0.29, 0.717) is 11.3 Å². The van der Waals surface area contributed by atoms with Crippen LogP contribution >= 0.6 is 0 Å². The maximum absolute atomic E-state index is 13.4. The minimum Gasteiger partial charge on any atom is -0.458 e. The summed E-state index contributed by atoms with van der Waals surface area (Å²) in [6.07, 6.45) is 6.01. The van der Waals surface area contributed by atoms with Crippen molar-refractivity contribution in [3.05, 3.63) is 29.8 Å². The quantitative estimate of drug-likeness (QED) is 0.314. The number of carbonyl (C=O) groups excluding carboxylic acids is 2. The Hall–Kier alpha value is -1.73. The molecule has 0 heterocycles. The number of carbonyl (C=O) groups is 2. The zero-order chi connectivity index (χ0) is 24.0. The fraction of sp³-hybridized carbons (Fsp3) is 0.692. The predicted molar refractivity (Wildman–Crippen MR) is 122 cm³/mol. The van der Waals surface area contributed by atoms with Crippen molar-refractivity contribution in [3.8, 4) is 0 Å². The van der Waals surface area contributed by atoms with Crippen LogP contribution in [-0.2, 0) is 28.6 Å². The molecule has 1 spiro atoms. The van der Waals surface area contributed by atoms with Gasteiger partial charge in [-0.05, 0) is 102 Å². The molecule has 0 aliphatic heterocycles. The topological polar surface area (TPSA) is 86.7 Å². The van der Waals surface area contributed by atoms with Crippen molar-refractivity contribution in [1.29, 1.82) is 0 Å². The molecule has 4 aliphatic rings. The van der Waals surface area contributed by atoms with Gasteiger partial charge in [-0.15, -0.1) is 0 Å². The minimum atomic E-state index is -4.12. The monoisotopic (exact) mass is 474 g/mol. The van der Waals surface area contributed by atoms with Gasteiger partial charge in [0.2, 0.25) is 0 Å². The molecule has 7 heteroatoms. The lowest BCUT2D eigenvalue weighted by molar-refractivity contribution is -0.310. The minimum absolute atomic E-state index is 0.01000. The van der Waals surface area contributed by atoms with Crippen LogP contribution in [0.5, 0.6) is 0 Å². The SMILES string of the molecule is CC(=O)C(C)(COS(=O)(=O)c1ccc(C)cc1)C(=O)OC(C)(C)C12CC3CC4CC(C1)C42C3. The normalized spacial score (nSPS) is 35.7. The summed E-state index contributed by atoms with van der Waals surface area (Å²) in [6.45, 7) is 7.94. The maximum atomic E-state index is 13.4. The summed E-state index contributed by atoms with van der Waals surface area (Å²) in [4.78, 5) is 26.0. The van der Waals surface area contributed by atoms with Crippen LogP contribution in [0.4, 0.5) is 0 Å². The number of Topliss-reactive ketones (excluding diaryl/α,β-unsaturated/α-hetero) is 1. The first-order valence-corrected chi connectivity index (χ1v) is 13.4. The zero-order valence-electron chi connectivity index (χ0n) is 20.1. The molecule has 1 aromatic rings. The van der Waals surface area contributed by atoms with E-state index >= 15 is 0 Å². The molecular formula is C26H34O6S. The summed E-state index contributed by atoms with van der Waals surface area (Å²) < 4.78 is 36.7. The molecule has 0 N–H and O–H groups in total. The molecule has 4 aliphatic carbocycles. The van der Waals surface area contributed by atoms with Crippen LogP contribution in [0.25, 0.3) is 0 Å². The lowest BCUT2D eigenvalue weighted by atomic mass is 9.29. The number of ether oxygens (including phenoxy) is 1. The van der Waals surface area contributed by atoms with Crippen LogP contribution in [0, 0.1) is 40.9 Å². The van der Waals surface area contributed by atoms with E-state index in [1.807, 2.05) is 20.8 Å². The van der Waals surface area contributed by atoms with Gasteiger partial charge in [-0.1, -0.05) is 17.7 Å². The summed E-state index contributed by atoms with van der Waals surface area (Å²) in [5, 5.41) is 0. The third kappa shape index (κ3) is 2.90. The summed E-state index contributed by atoms with van der Waals surface area (Å²) in [7, 11) is -4.12. The number of hydrogen-bond acceptors (Lipinski definition) is 6. The fourth-order valence-electron chi connectivity index (χ4n) is 7.95. The second-order valence-corrected chi connectivity index (χ2v) is 13.4. The molecule has 0 saturated heterocycles. The van der Waals surface area contributed by atoms with Crippen molar-refractivity contribution in [2.24, 2.45) is 34.0 Å². The molecule has 6 atom stereocenters. The van der Waals surface area contributed by atoms with E-state index in [0.717, 1.165) is 30.2 Å². The van der Waals surface area contributed by atoms with E-state index in [2.05, 4.69) is 0 Å². The highest BCUT2D eigenvalue weighted by Gasteiger charge is 2.84. The smallest absolute Gasteiger partial charge is 0.322 e. The second-order valence-electron chi connectivity index (χ2n) is 11.8. The molecule has 2 bridgehead atoms. The summed E-state index contributed by atoms with van der Waals surface area (Å²) in [5.74, 6) is 1.03. The Morgan fingerprint density at radius 3 is 2.27 bits per heavy atom. The Morgan fingerprint density at radius 2 is 1.70 bits per heavy atom. The molecule has 0 radical (unpaired) electrons. The standard InChI is InChI=1S/C26H34O6S/c1-16-6-8-21(9-7-16)33(29,30)31-15-24(5,17(2)27)22(28)32-23(3,4)25-12-18-10-19-11-20(14-25)26(19,25)13-18/h6-9,18-20H,10-15H2,1-5H3. The van der Waals surface area contributed by atoms with Crippen LogP contribution in [0.2, 0.25) is 0 Å². The molecule has 4 saturated carbocycles. The molecule has 180 valence electrons. The Balaban J connectivity index is 1.33. The first kappa shape index (κ1) is 23.0. The Kier molecular flexibility index (Phi) is 4.82. The average molecular weight is 475 g/mol. The zero-order valence-corrected chi connectivity index (χ0v) is 21.0. The highest BCUT2D eigenvalue weighted by molar-refractivity contribution is 7.86. The van der Waals surface area contributed by atoms with Gasteiger partial charge in [-0.3, -0.25) is 13.8 Å². The lowest BCUT2D eigenvalue weighted by Crippen LogP contribution is -2.73. The van der Waals surface area contributed by atoms with Crippen LogP contribution < -0.4 is 0 Å². The molecule has 4 fully saturated rings. The molecule has 6 nitrogen and oxygen atoms in total. The third-order valence-corrected chi connectivity index (χ3v) is 11.2. The summed E-state index contributed by atoms with van der Waals surface area (Å²) in [5.41, 5.74) is -1.23. The van der Waals surface area contributed by atoms with E-state index in [1.165, 1.54) is 45.2 Å². The third-order valence-electron chi connectivity index (χ3n) is 9.93. The number of aryl methyl sites for hydroxylation is 1. The van der Waals surface area contributed by atoms with Crippen LogP contribution in [0.1, 0.15) is 65.4 Å². The van der Waals surface area contributed by atoms with Crippen molar-refractivity contribution in [2.45, 2.75) is 77.2 Å². The van der Waals surface area contributed by atoms with Gasteiger partial charge < -0.3 is 4.74 Å². The van der Waals surface area contributed by atoms with E-state index in [-0.39, 0.29) is 10.3 Å². The Bertz CT molecular complexity index is 1120. The van der Waals surface area contributed by atoms with Gasteiger partial charge in [0, 0.05) is 5.41 Å². The Morgan fingerprint density at radius 1 is 1.03 bits per heavy atom.